The Bertz CT molecular complexity index is 1350. The van der Waals surface area contributed by atoms with Crippen LogP contribution in [0.3, 0.4) is 0 Å². The molecule has 35 heavy (non-hydrogen) atoms. The molecule has 0 spiro atoms. The van der Waals surface area contributed by atoms with Crippen LogP contribution in [0.4, 0.5) is 5.13 Å². The molecular weight excluding hydrogens is 460 g/mol. The number of hydrogen-bond acceptors (Lipinski definition) is 7. The Balaban J connectivity index is 1.12. The minimum absolute atomic E-state index is 0.00423. The number of aryl methyl sites for hydroxylation is 1. The molecule has 2 aromatic rings. The number of thiazole rings is 1. The van der Waals surface area contributed by atoms with Gasteiger partial charge in [-0.3, -0.25) is 15.1 Å². The number of quaternary nitrogens is 1. The highest BCUT2D eigenvalue weighted by molar-refractivity contribution is 7.15. The van der Waals surface area contributed by atoms with Crippen LogP contribution in [0.1, 0.15) is 39.8 Å². The first-order valence-corrected chi connectivity index (χ1v) is 13.0. The van der Waals surface area contributed by atoms with Gasteiger partial charge in [0.1, 0.15) is 11.9 Å². The van der Waals surface area contributed by atoms with Crippen molar-refractivity contribution in [1.29, 1.82) is 0 Å². The first kappa shape index (κ1) is 21.3. The number of ether oxygens (including phenoxy) is 1. The standard InChI is InChI=1S/C26H26N6O2S/c1-14-2-7-19-21(10-14)35-26(29-19)31-25(33)16-5-3-15(4-6-16)24-30-23(22-17-12-34-13-18(17)22)20-11-28-8-9-32(20,24)27/h3-6,8-9,11,14,17-18,22H,2,7,10,12-13,27H2,1H3/p+1/t14?,17-,18+,22?,32?. The predicted octanol–water partition coefficient (Wildman–Crippen LogP) is 3.63. The number of nitrogens with zero attached hydrogens (tertiary/aromatic N) is 4. The van der Waals surface area contributed by atoms with Gasteiger partial charge in [0, 0.05) is 16.4 Å². The van der Waals surface area contributed by atoms with Gasteiger partial charge in [-0.1, -0.05) is 6.92 Å². The summed E-state index contributed by atoms with van der Waals surface area (Å²) in [6.07, 6.45) is 8.61. The highest BCUT2D eigenvalue weighted by Gasteiger charge is 2.60. The fourth-order valence-electron chi connectivity index (χ4n) is 5.83. The maximum Gasteiger partial charge on any atom is 0.264 e. The van der Waals surface area contributed by atoms with Crippen LogP contribution in [0.5, 0.6) is 0 Å². The van der Waals surface area contributed by atoms with Gasteiger partial charge in [0.05, 0.1) is 36.9 Å². The van der Waals surface area contributed by atoms with E-state index in [1.54, 1.807) is 17.5 Å². The zero-order chi connectivity index (χ0) is 23.7. The van der Waals surface area contributed by atoms with Crippen LogP contribution in [-0.2, 0) is 17.6 Å². The number of fused-ring (bicyclic) bond motifs is 3. The number of amides is 1. The summed E-state index contributed by atoms with van der Waals surface area (Å²) >= 11 is 1.60. The van der Waals surface area contributed by atoms with E-state index in [0.29, 0.717) is 34.4 Å². The third-order valence-electron chi connectivity index (χ3n) is 7.90. The Hall–Kier alpha value is -2.98. The van der Waals surface area contributed by atoms with Crippen molar-refractivity contribution in [3.8, 4) is 0 Å². The molecule has 3 N–H and O–H groups in total. The predicted molar refractivity (Wildman–Crippen MR) is 135 cm³/mol. The van der Waals surface area contributed by atoms with E-state index in [1.165, 1.54) is 4.88 Å². The third-order valence-corrected chi connectivity index (χ3v) is 8.94. The summed E-state index contributed by atoms with van der Waals surface area (Å²) in [6, 6.07) is 7.50. The smallest absolute Gasteiger partial charge is 0.264 e. The monoisotopic (exact) mass is 487 g/mol. The van der Waals surface area contributed by atoms with Crippen molar-refractivity contribution in [1.82, 2.24) is 4.98 Å². The van der Waals surface area contributed by atoms with E-state index in [9.17, 15) is 4.79 Å². The number of amidine groups is 1. The Kier molecular flexibility index (Phi) is 4.73. The average molecular weight is 488 g/mol. The average Bonchev–Trinajstić information content (AvgIpc) is 3.19. The molecule has 1 aromatic heterocycles. The first-order valence-electron chi connectivity index (χ1n) is 12.2. The summed E-state index contributed by atoms with van der Waals surface area (Å²) in [5.74, 6) is 9.56. The summed E-state index contributed by atoms with van der Waals surface area (Å²) in [7, 11) is 0. The second kappa shape index (κ2) is 7.76. The molecule has 1 saturated heterocycles. The van der Waals surface area contributed by atoms with E-state index in [2.05, 4.69) is 22.2 Å². The van der Waals surface area contributed by atoms with E-state index in [-0.39, 0.29) is 10.5 Å². The molecule has 0 bridgehead atoms. The molecule has 8 nitrogen and oxygen atoms in total. The summed E-state index contributed by atoms with van der Waals surface area (Å²) in [4.78, 5) is 28.3. The van der Waals surface area contributed by atoms with Crippen molar-refractivity contribution in [3.63, 3.8) is 0 Å². The quantitative estimate of drug-likeness (QED) is 0.508. The lowest BCUT2D eigenvalue weighted by atomic mass is 9.93. The maximum atomic E-state index is 12.9. The molecule has 178 valence electrons. The number of carbonyl (C=O) groups excluding carboxylic acids is 1. The number of nitrogens with one attached hydrogen (secondary N) is 1. The number of anilines is 1. The van der Waals surface area contributed by atoms with E-state index in [1.807, 2.05) is 36.7 Å². The fourth-order valence-corrected chi connectivity index (χ4v) is 7.00. The molecule has 3 unspecified atom stereocenters. The molecule has 9 heteroatoms. The number of nitrogens with two attached hydrogens (primary N) is 1. The Morgan fingerprint density at radius 1 is 1.23 bits per heavy atom. The van der Waals surface area contributed by atoms with Gasteiger partial charge < -0.3 is 4.74 Å². The van der Waals surface area contributed by atoms with Gasteiger partial charge in [0.15, 0.2) is 5.13 Å². The van der Waals surface area contributed by atoms with Crippen LogP contribution in [0.25, 0.3) is 0 Å². The zero-order valence-corrected chi connectivity index (χ0v) is 20.3. The van der Waals surface area contributed by atoms with E-state index in [4.69, 9.17) is 15.6 Å². The lowest BCUT2D eigenvalue weighted by Gasteiger charge is -2.26. The highest BCUT2D eigenvalue weighted by Crippen LogP contribution is 2.57. The number of hydrogen-bond donors (Lipinski definition) is 2. The molecule has 5 atom stereocenters. The van der Waals surface area contributed by atoms with Gasteiger partial charge in [-0.25, -0.2) is 4.98 Å². The lowest BCUT2D eigenvalue weighted by Crippen LogP contribution is -2.53. The Morgan fingerprint density at radius 3 is 2.83 bits per heavy atom. The van der Waals surface area contributed by atoms with E-state index in [0.717, 1.165) is 61.0 Å². The van der Waals surface area contributed by atoms with Gasteiger partial charge in [0.25, 0.3) is 11.7 Å². The molecule has 1 aromatic carbocycles. The number of aliphatic imine (C=N–C) groups is 2. The summed E-state index contributed by atoms with van der Waals surface area (Å²) < 4.78 is 5.58. The molecule has 7 rings (SSSR count). The first-order chi connectivity index (χ1) is 17.0. The van der Waals surface area contributed by atoms with Crippen LogP contribution >= 0.6 is 11.3 Å². The summed E-state index contributed by atoms with van der Waals surface area (Å²) in [5.41, 5.74) is 4.55. The largest absolute Gasteiger partial charge is 0.381 e. The van der Waals surface area contributed by atoms with Gasteiger partial charge in [0.2, 0.25) is 5.70 Å². The van der Waals surface area contributed by atoms with Crippen molar-refractivity contribution in [2.75, 3.05) is 18.5 Å². The molecule has 1 saturated carbocycles. The van der Waals surface area contributed by atoms with Crippen LogP contribution in [0.15, 0.2) is 58.0 Å². The summed E-state index contributed by atoms with van der Waals surface area (Å²) in [6.45, 7) is 3.85. The summed E-state index contributed by atoms with van der Waals surface area (Å²) in [5, 5.41) is 3.67. The van der Waals surface area contributed by atoms with Crippen molar-refractivity contribution in [2.45, 2.75) is 26.2 Å². The minimum Gasteiger partial charge on any atom is -0.381 e. The van der Waals surface area contributed by atoms with Gasteiger partial charge >= 0.3 is 0 Å². The Labute approximate surface area is 207 Å². The number of benzene rings is 1. The zero-order valence-electron chi connectivity index (χ0n) is 19.5. The van der Waals surface area contributed by atoms with Gasteiger partial charge in [-0.15, -0.1) is 15.9 Å². The SMILES string of the molecule is CC1CCc2nc(NC(=O)c3ccc(C4=NC(C5[C@H]6COC[C@@H]56)=C5C=NC=C[N+]45N)cc3)sc2C1. The molecule has 0 radical (unpaired) electrons. The molecule has 2 fully saturated rings. The number of rotatable bonds is 4. The second-order valence-electron chi connectivity index (χ2n) is 10.2. The Morgan fingerprint density at radius 2 is 2.03 bits per heavy atom. The highest BCUT2D eigenvalue weighted by atomic mass is 32.1. The third kappa shape index (κ3) is 3.37. The van der Waals surface area contributed by atoms with Crippen LogP contribution in [0.2, 0.25) is 0 Å². The van der Waals surface area contributed by atoms with Crippen molar-refractivity contribution in [2.24, 2.45) is 39.5 Å². The van der Waals surface area contributed by atoms with Gasteiger partial charge in [-0.05, 0) is 61.3 Å². The van der Waals surface area contributed by atoms with E-state index < -0.39 is 0 Å². The number of allylic oxidation sites excluding steroid dienone is 2. The number of aromatic nitrogens is 1. The van der Waals surface area contributed by atoms with Crippen molar-refractivity contribution >= 4 is 34.4 Å². The molecule has 4 heterocycles. The molecule has 2 aliphatic carbocycles. The molecular formula is C26H27N6O2S+. The molecule has 3 aliphatic heterocycles. The van der Waals surface area contributed by atoms with Crippen molar-refractivity contribution in [3.05, 3.63) is 69.8 Å². The van der Waals surface area contributed by atoms with E-state index >= 15 is 0 Å². The number of carbonyl (C=O) groups is 1. The van der Waals surface area contributed by atoms with Crippen LogP contribution in [-0.4, -0.2) is 40.7 Å². The minimum atomic E-state index is -0.156. The fraction of sp³-hybridized carbons (Fsp3) is 0.385. The topological polar surface area (TPSA) is 102 Å². The second-order valence-corrected chi connectivity index (χ2v) is 11.3. The molecule has 5 aliphatic rings. The van der Waals surface area contributed by atoms with Crippen molar-refractivity contribution < 1.29 is 14.1 Å². The molecule has 1 amide bonds. The van der Waals surface area contributed by atoms with Gasteiger partial charge in [-0.2, -0.15) is 10.8 Å². The normalized spacial score (nSPS) is 32.2. The van der Waals surface area contributed by atoms with Crippen LogP contribution in [0, 0.1) is 23.7 Å². The lowest BCUT2D eigenvalue weighted by molar-refractivity contribution is -0.750. The van der Waals surface area contributed by atoms with Crippen LogP contribution < -0.4 is 11.2 Å². The maximum absolute atomic E-state index is 12.9.